The first-order valence-corrected chi connectivity index (χ1v) is 5.83. The predicted octanol–water partition coefficient (Wildman–Crippen LogP) is 0.588. The van der Waals surface area contributed by atoms with Crippen molar-refractivity contribution in [2.45, 2.75) is 4.90 Å². The Morgan fingerprint density at radius 1 is 1.60 bits per heavy atom. The van der Waals surface area contributed by atoms with E-state index in [9.17, 15) is 8.42 Å². The van der Waals surface area contributed by atoms with Gasteiger partial charge in [-0.1, -0.05) is 6.08 Å². The molecule has 0 radical (unpaired) electrons. The third kappa shape index (κ3) is 2.77. The second kappa shape index (κ2) is 4.90. The molecule has 82 valence electrons. The standard InChI is InChI=1S/C9H13N3O2S/c1-3-6-12-15(13,14)8-5-4-7-11-9(8)10-2/h3-5,7,12H,1,6H2,2H3,(H,10,11). The molecule has 2 N–H and O–H groups in total. The van der Waals surface area contributed by atoms with Crippen molar-refractivity contribution in [1.82, 2.24) is 9.71 Å². The van der Waals surface area contributed by atoms with Crippen molar-refractivity contribution in [3.05, 3.63) is 31.0 Å². The second-order valence-electron chi connectivity index (χ2n) is 2.74. The monoisotopic (exact) mass is 227 g/mol. The molecular formula is C9H13N3O2S. The van der Waals surface area contributed by atoms with Gasteiger partial charge in [0.1, 0.15) is 10.7 Å². The number of sulfonamides is 1. The number of hydrogen-bond donors (Lipinski definition) is 2. The number of aromatic nitrogens is 1. The fraction of sp³-hybridized carbons (Fsp3) is 0.222. The molecule has 0 aliphatic heterocycles. The van der Waals surface area contributed by atoms with Crippen LogP contribution in [0.25, 0.3) is 0 Å². The van der Waals surface area contributed by atoms with Crippen molar-refractivity contribution < 1.29 is 8.42 Å². The molecule has 6 heteroatoms. The summed E-state index contributed by atoms with van der Waals surface area (Å²) in [4.78, 5) is 4.05. The number of nitrogens with one attached hydrogen (secondary N) is 2. The maximum Gasteiger partial charge on any atom is 0.244 e. The summed E-state index contributed by atoms with van der Waals surface area (Å²) in [6.07, 6.45) is 3.01. The van der Waals surface area contributed by atoms with Crippen LogP contribution >= 0.6 is 0 Å². The van der Waals surface area contributed by atoms with Crippen LogP contribution in [0.3, 0.4) is 0 Å². The Hall–Kier alpha value is -1.40. The third-order valence-electron chi connectivity index (χ3n) is 1.71. The third-order valence-corrected chi connectivity index (χ3v) is 3.17. The van der Waals surface area contributed by atoms with E-state index in [-0.39, 0.29) is 11.4 Å². The van der Waals surface area contributed by atoms with Gasteiger partial charge < -0.3 is 5.32 Å². The van der Waals surface area contributed by atoms with Gasteiger partial charge in [-0.25, -0.2) is 18.1 Å². The van der Waals surface area contributed by atoms with Crippen molar-refractivity contribution in [1.29, 1.82) is 0 Å². The van der Waals surface area contributed by atoms with Gasteiger partial charge in [-0.2, -0.15) is 0 Å². The second-order valence-corrected chi connectivity index (χ2v) is 4.48. The summed E-state index contributed by atoms with van der Waals surface area (Å²) in [6, 6.07) is 3.06. The van der Waals surface area contributed by atoms with Crippen LogP contribution in [0.15, 0.2) is 35.9 Å². The van der Waals surface area contributed by atoms with Gasteiger partial charge >= 0.3 is 0 Å². The fourth-order valence-corrected chi connectivity index (χ4v) is 2.20. The van der Waals surface area contributed by atoms with Crippen LogP contribution in [0, 0.1) is 0 Å². The van der Waals surface area contributed by atoms with Gasteiger partial charge in [-0.3, -0.25) is 0 Å². The minimum absolute atomic E-state index is 0.134. The summed E-state index contributed by atoms with van der Waals surface area (Å²) in [7, 11) is -1.89. The molecule has 0 aliphatic carbocycles. The van der Waals surface area contributed by atoms with Crippen LogP contribution in [0.4, 0.5) is 5.82 Å². The zero-order valence-corrected chi connectivity index (χ0v) is 9.21. The van der Waals surface area contributed by atoms with Crippen LogP contribution in [0.5, 0.6) is 0 Å². The van der Waals surface area contributed by atoms with Crippen molar-refractivity contribution in [2.24, 2.45) is 0 Å². The smallest absolute Gasteiger partial charge is 0.244 e. The van der Waals surface area contributed by atoms with Crippen molar-refractivity contribution in [2.75, 3.05) is 18.9 Å². The molecule has 1 aromatic rings. The Bertz CT molecular complexity index is 442. The van der Waals surface area contributed by atoms with Gasteiger partial charge in [-0.15, -0.1) is 6.58 Å². The zero-order chi connectivity index (χ0) is 11.3. The molecule has 1 aromatic heterocycles. The average molecular weight is 227 g/mol. The highest BCUT2D eigenvalue weighted by Crippen LogP contribution is 2.16. The van der Waals surface area contributed by atoms with Crippen molar-refractivity contribution in [3.8, 4) is 0 Å². The number of nitrogens with zero attached hydrogens (tertiary/aromatic N) is 1. The van der Waals surface area contributed by atoms with E-state index in [2.05, 4.69) is 21.6 Å². The Morgan fingerprint density at radius 2 is 2.33 bits per heavy atom. The molecule has 0 aliphatic rings. The minimum Gasteiger partial charge on any atom is -0.372 e. The van der Waals surface area contributed by atoms with Crippen LogP contribution in [-0.2, 0) is 10.0 Å². The maximum atomic E-state index is 11.7. The Kier molecular flexibility index (Phi) is 3.81. The van der Waals surface area contributed by atoms with Gasteiger partial charge in [0.25, 0.3) is 0 Å². The highest BCUT2D eigenvalue weighted by atomic mass is 32.2. The SMILES string of the molecule is C=CCNS(=O)(=O)c1cccnc1NC. The lowest BCUT2D eigenvalue weighted by atomic mass is 10.5. The van der Waals surface area contributed by atoms with E-state index >= 15 is 0 Å². The van der Waals surface area contributed by atoms with Gasteiger partial charge in [0.2, 0.25) is 10.0 Å². The van der Waals surface area contributed by atoms with E-state index in [4.69, 9.17) is 0 Å². The van der Waals surface area contributed by atoms with E-state index < -0.39 is 10.0 Å². The number of rotatable bonds is 5. The van der Waals surface area contributed by atoms with E-state index in [0.29, 0.717) is 5.82 Å². The Balaban J connectivity index is 3.09. The summed E-state index contributed by atoms with van der Waals surface area (Å²) < 4.78 is 25.8. The van der Waals surface area contributed by atoms with Gasteiger partial charge in [0, 0.05) is 19.8 Å². The van der Waals surface area contributed by atoms with Crippen molar-refractivity contribution in [3.63, 3.8) is 0 Å². The Morgan fingerprint density at radius 3 is 2.93 bits per heavy atom. The van der Waals surface area contributed by atoms with Gasteiger partial charge in [-0.05, 0) is 12.1 Å². The molecule has 0 atom stereocenters. The fourth-order valence-electron chi connectivity index (χ4n) is 1.04. The van der Waals surface area contributed by atoms with Gasteiger partial charge in [0.05, 0.1) is 0 Å². The molecule has 0 bridgehead atoms. The van der Waals surface area contributed by atoms with E-state index in [0.717, 1.165) is 0 Å². The predicted molar refractivity (Wildman–Crippen MR) is 59.2 cm³/mol. The summed E-state index contributed by atoms with van der Waals surface area (Å²) in [5, 5.41) is 2.72. The topological polar surface area (TPSA) is 71.1 Å². The van der Waals surface area contributed by atoms with Crippen molar-refractivity contribution >= 4 is 15.8 Å². The molecule has 0 saturated heterocycles. The lowest BCUT2D eigenvalue weighted by molar-refractivity contribution is 0.585. The first-order valence-electron chi connectivity index (χ1n) is 4.35. The summed E-state index contributed by atoms with van der Waals surface area (Å²) in [5.74, 6) is 0.328. The summed E-state index contributed by atoms with van der Waals surface area (Å²) in [5.41, 5.74) is 0. The summed E-state index contributed by atoms with van der Waals surface area (Å²) >= 11 is 0. The Labute approximate surface area is 89.3 Å². The normalized spacial score (nSPS) is 11.0. The number of anilines is 1. The number of pyridine rings is 1. The molecule has 5 nitrogen and oxygen atoms in total. The van der Waals surface area contributed by atoms with Crippen LogP contribution in [0.1, 0.15) is 0 Å². The molecule has 0 saturated carbocycles. The van der Waals surface area contributed by atoms with Crippen LogP contribution in [0.2, 0.25) is 0 Å². The quantitative estimate of drug-likeness (QED) is 0.722. The average Bonchev–Trinajstić information content (AvgIpc) is 2.26. The lowest BCUT2D eigenvalue weighted by Gasteiger charge is -2.08. The van der Waals surface area contributed by atoms with Crippen LogP contribution in [-0.4, -0.2) is 27.0 Å². The molecule has 0 aromatic carbocycles. The van der Waals surface area contributed by atoms with E-state index in [1.807, 2.05) is 0 Å². The maximum absolute atomic E-state index is 11.7. The molecule has 1 rings (SSSR count). The largest absolute Gasteiger partial charge is 0.372 e. The molecule has 0 unspecified atom stereocenters. The molecule has 1 heterocycles. The molecule has 0 spiro atoms. The minimum atomic E-state index is -3.51. The molecule has 0 fully saturated rings. The molecular weight excluding hydrogens is 214 g/mol. The highest BCUT2D eigenvalue weighted by molar-refractivity contribution is 7.89. The van der Waals surface area contributed by atoms with E-state index in [1.54, 1.807) is 13.1 Å². The summed E-state index contributed by atoms with van der Waals surface area (Å²) in [6.45, 7) is 3.64. The first kappa shape index (κ1) is 11.7. The first-order chi connectivity index (χ1) is 7.11. The molecule has 15 heavy (non-hydrogen) atoms. The number of hydrogen-bond acceptors (Lipinski definition) is 4. The highest BCUT2D eigenvalue weighted by Gasteiger charge is 2.17. The zero-order valence-electron chi connectivity index (χ0n) is 8.40. The molecule has 0 amide bonds. The van der Waals surface area contributed by atoms with E-state index in [1.165, 1.54) is 18.3 Å². The lowest BCUT2D eigenvalue weighted by Crippen LogP contribution is -2.24. The van der Waals surface area contributed by atoms with Gasteiger partial charge in [0.15, 0.2) is 0 Å². The van der Waals surface area contributed by atoms with Crippen LogP contribution < -0.4 is 10.0 Å².